The minimum Gasteiger partial charge on any atom is -0.496 e. The molecule has 0 saturated carbocycles. The van der Waals surface area contributed by atoms with E-state index in [2.05, 4.69) is 44.1 Å². The van der Waals surface area contributed by atoms with Gasteiger partial charge in [-0.25, -0.2) is 0 Å². The lowest BCUT2D eigenvalue weighted by atomic mass is 10.1. The molecule has 166 valence electrons. The average molecular weight is 425 g/mol. The van der Waals surface area contributed by atoms with E-state index >= 15 is 0 Å². The Morgan fingerprint density at radius 2 is 1.48 bits per heavy atom. The second-order valence-corrected chi connectivity index (χ2v) is 8.39. The lowest BCUT2D eigenvalue weighted by Gasteiger charge is -2.36. The highest BCUT2D eigenvalue weighted by Gasteiger charge is 2.23. The number of hydrogen-bond donors (Lipinski definition) is 0. The maximum atomic E-state index is 12.8. The van der Waals surface area contributed by atoms with Gasteiger partial charge in [-0.3, -0.25) is 4.79 Å². The largest absolute Gasteiger partial charge is 0.496 e. The molecule has 1 aromatic carbocycles. The first-order chi connectivity index (χ1) is 15.0. The summed E-state index contributed by atoms with van der Waals surface area (Å²) in [5, 5.41) is 8.93. The van der Waals surface area contributed by atoms with Crippen molar-refractivity contribution in [3.63, 3.8) is 0 Å². The van der Waals surface area contributed by atoms with Crippen molar-refractivity contribution in [2.75, 3.05) is 76.3 Å². The van der Waals surface area contributed by atoms with Gasteiger partial charge in [0.15, 0.2) is 11.6 Å². The predicted molar refractivity (Wildman–Crippen MR) is 122 cm³/mol. The number of anilines is 2. The van der Waals surface area contributed by atoms with Crippen molar-refractivity contribution in [3.05, 3.63) is 41.5 Å². The number of piperazine rings is 2. The Labute approximate surface area is 184 Å². The molecule has 0 spiro atoms. The summed E-state index contributed by atoms with van der Waals surface area (Å²) >= 11 is 0. The first-order valence-electron chi connectivity index (χ1n) is 11.0. The van der Waals surface area contributed by atoms with Crippen LogP contribution in [0, 0.1) is 6.92 Å². The van der Waals surface area contributed by atoms with E-state index in [-0.39, 0.29) is 5.91 Å². The quantitative estimate of drug-likeness (QED) is 0.720. The van der Waals surface area contributed by atoms with Crippen LogP contribution in [0.25, 0.3) is 0 Å². The third kappa shape index (κ3) is 5.07. The number of nitrogens with zero attached hydrogens (tertiary/aromatic N) is 6. The third-order valence-corrected chi connectivity index (χ3v) is 6.23. The molecule has 8 heteroatoms. The van der Waals surface area contributed by atoms with Gasteiger partial charge in [-0.05, 0) is 43.3 Å². The van der Waals surface area contributed by atoms with Gasteiger partial charge >= 0.3 is 0 Å². The molecule has 0 N–H and O–H groups in total. The Hall–Kier alpha value is -2.87. The molecule has 1 amide bonds. The summed E-state index contributed by atoms with van der Waals surface area (Å²) in [4.78, 5) is 21.5. The first kappa shape index (κ1) is 21.4. The molecule has 2 saturated heterocycles. The molecule has 0 radical (unpaired) electrons. The fourth-order valence-corrected chi connectivity index (χ4v) is 4.21. The van der Waals surface area contributed by atoms with Crippen molar-refractivity contribution in [2.24, 2.45) is 0 Å². The van der Waals surface area contributed by atoms with Crippen LogP contribution in [0.1, 0.15) is 11.1 Å². The van der Waals surface area contributed by atoms with Gasteiger partial charge < -0.3 is 24.3 Å². The molecule has 0 bridgehead atoms. The molecule has 2 aromatic rings. The van der Waals surface area contributed by atoms with E-state index in [1.807, 2.05) is 30.0 Å². The second-order valence-electron chi connectivity index (χ2n) is 8.39. The molecular formula is C23H32N6O2. The minimum absolute atomic E-state index is 0.167. The average Bonchev–Trinajstić information content (AvgIpc) is 2.80. The van der Waals surface area contributed by atoms with Gasteiger partial charge in [0.05, 0.1) is 13.5 Å². The molecule has 4 rings (SSSR count). The number of methoxy groups -OCH3 is 1. The Kier molecular flexibility index (Phi) is 6.56. The third-order valence-electron chi connectivity index (χ3n) is 6.23. The molecule has 0 aliphatic carbocycles. The zero-order valence-corrected chi connectivity index (χ0v) is 18.8. The van der Waals surface area contributed by atoms with Crippen molar-refractivity contribution < 1.29 is 9.53 Å². The number of ether oxygens (including phenoxy) is 1. The summed E-state index contributed by atoms with van der Waals surface area (Å²) in [6.45, 7) is 9.03. The van der Waals surface area contributed by atoms with E-state index in [9.17, 15) is 4.79 Å². The number of rotatable bonds is 5. The van der Waals surface area contributed by atoms with Gasteiger partial charge in [0.25, 0.3) is 0 Å². The molecule has 1 aromatic heterocycles. The number of aromatic nitrogens is 2. The van der Waals surface area contributed by atoms with Gasteiger partial charge in [-0.1, -0.05) is 12.1 Å². The van der Waals surface area contributed by atoms with Crippen molar-refractivity contribution in [3.8, 4) is 5.75 Å². The van der Waals surface area contributed by atoms with E-state index in [0.29, 0.717) is 19.5 Å². The number of carbonyl (C=O) groups is 1. The van der Waals surface area contributed by atoms with Gasteiger partial charge in [0.1, 0.15) is 5.75 Å². The van der Waals surface area contributed by atoms with Crippen LogP contribution in [0.3, 0.4) is 0 Å². The molecule has 2 aliphatic heterocycles. The first-order valence-corrected chi connectivity index (χ1v) is 11.0. The van der Waals surface area contributed by atoms with E-state index in [1.54, 1.807) is 7.11 Å². The number of hydrogen-bond acceptors (Lipinski definition) is 7. The van der Waals surface area contributed by atoms with Crippen molar-refractivity contribution in [2.45, 2.75) is 13.3 Å². The summed E-state index contributed by atoms with van der Waals surface area (Å²) in [6, 6.07) is 10.1. The van der Waals surface area contributed by atoms with Crippen LogP contribution < -0.4 is 14.5 Å². The molecule has 3 heterocycles. The second kappa shape index (κ2) is 9.51. The lowest BCUT2D eigenvalue weighted by molar-refractivity contribution is -0.130. The summed E-state index contributed by atoms with van der Waals surface area (Å²) < 4.78 is 5.30. The molecule has 0 unspecified atom stereocenters. The van der Waals surface area contributed by atoms with Crippen LogP contribution in [-0.2, 0) is 11.2 Å². The number of likely N-dealkylation sites (N-methyl/N-ethyl adjacent to an activating group) is 1. The predicted octanol–water partition coefficient (Wildman–Crippen LogP) is 1.44. The monoisotopic (exact) mass is 424 g/mol. The van der Waals surface area contributed by atoms with Crippen molar-refractivity contribution in [1.29, 1.82) is 0 Å². The molecule has 8 nitrogen and oxygen atoms in total. The smallest absolute Gasteiger partial charge is 0.227 e. The maximum Gasteiger partial charge on any atom is 0.227 e. The number of amides is 1. The Bertz CT molecular complexity index is 887. The summed E-state index contributed by atoms with van der Waals surface area (Å²) in [7, 11) is 3.81. The Morgan fingerprint density at radius 1 is 0.903 bits per heavy atom. The summed E-state index contributed by atoms with van der Waals surface area (Å²) in [5.74, 6) is 2.85. The normalized spacial score (nSPS) is 17.7. The van der Waals surface area contributed by atoms with Crippen LogP contribution >= 0.6 is 0 Å². The van der Waals surface area contributed by atoms with Gasteiger partial charge in [0, 0.05) is 52.4 Å². The Morgan fingerprint density at radius 3 is 2.00 bits per heavy atom. The summed E-state index contributed by atoms with van der Waals surface area (Å²) in [6.07, 6.45) is 0.421. The zero-order chi connectivity index (χ0) is 21.8. The zero-order valence-electron chi connectivity index (χ0n) is 18.8. The van der Waals surface area contributed by atoms with Crippen LogP contribution in [-0.4, -0.2) is 92.4 Å². The van der Waals surface area contributed by atoms with E-state index in [1.165, 1.54) is 0 Å². The van der Waals surface area contributed by atoms with Gasteiger partial charge in [-0.15, -0.1) is 10.2 Å². The minimum atomic E-state index is 0.167. The molecule has 2 fully saturated rings. The molecule has 2 aliphatic rings. The van der Waals surface area contributed by atoms with Crippen molar-refractivity contribution >= 4 is 17.5 Å². The van der Waals surface area contributed by atoms with Gasteiger partial charge in [-0.2, -0.15) is 0 Å². The molecule has 31 heavy (non-hydrogen) atoms. The topological polar surface area (TPSA) is 65.0 Å². The Balaban J connectivity index is 1.29. The van der Waals surface area contributed by atoms with Crippen LogP contribution in [0.15, 0.2) is 30.3 Å². The van der Waals surface area contributed by atoms with Crippen molar-refractivity contribution in [1.82, 2.24) is 20.0 Å². The standard InChI is InChI=1S/C23H32N6O2/c1-18-16-19(4-5-20(18)31-3)17-23(30)29-14-12-28(13-15-29)22-7-6-21(24-25-22)27-10-8-26(2)9-11-27/h4-7,16H,8-15,17H2,1-3H3. The molecular weight excluding hydrogens is 392 g/mol. The lowest BCUT2D eigenvalue weighted by Crippen LogP contribution is -2.49. The van der Waals surface area contributed by atoms with Crippen LogP contribution in [0.5, 0.6) is 5.75 Å². The van der Waals surface area contributed by atoms with E-state index in [0.717, 1.165) is 67.8 Å². The fourth-order valence-electron chi connectivity index (χ4n) is 4.21. The van der Waals surface area contributed by atoms with Crippen LogP contribution in [0.2, 0.25) is 0 Å². The SMILES string of the molecule is COc1ccc(CC(=O)N2CCN(c3ccc(N4CCN(C)CC4)nn3)CC2)cc1C. The maximum absolute atomic E-state index is 12.8. The summed E-state index contributed by atoms with van der Waals surface area (Å²) in [5.41, 5.74) is 2.08. The molecule has 0 atom stereocenters. The highest BCUT2D eigenvalue weighted by atomic mass is 16.5. The number of aryl methyl sites for hydroxylation is 1. The van der Waals surface area contributed by atoms with E-state index < -0.39 is 0 Å². The van der Waals surface area contributed by atoms with Crippen LogP contribution in [0.4, 0.5) is 11.6 Å². The fraction of sp³-hybridized carbons (Fsp3) is 0.522. The van der Waals surface area contributed by atoms with Gasteiger partial charge in [0.2, 0.25) is 5.91 Å². The highest BCUT2D eigenvalue weighted by molar-refractivity contribution is 5.79. The highest BCUT2D eigenvalue weighted by Crippen LogP contribution is 2.20. The van der Waals surface area contributed by atoms with E-state index in [4.69, 9.17) is 4.74 Å². The number of carbonyl (C=O) groups excluding carboxylic acids is 1. The number of benzene rings is 1.